The van der Waals surface area contributed by atoms with Gasteiger partial charge in [0.25, 0.3) is 11.1 Å². The fourth-order valence-electron chi connectivity index (χ4n) is 4.44. The lowest BCUT2D eigenvalue weighted by atomic mass is 9.89. The van der Waals surface area contributed by atoms with Gasteiger partial charge in [0.2, 0.25) is 0 Å². The summed E-state index contributed by atoms with van der Waals surface area (Å²) >= 11 is 3.03. The minimum atomic E-state index is -0.214. The van der Waals surface area contributed by atoms with Gasteiger partial charge in [0.15, 0.2) is 5.16 Å². The molecule has 33 heavy (non-hydrogen) atoms. The summed E-state index contributed by atoms with van der Waals surface area (Å²) < 4.78 is 1.61. The molecule has 2 N–H and O–H groups in total. The molecule has 0 saturated heterocycles. The van der Waals surface area contributed by atoms with Gasteiger partial charge in [0.1, 0.15) is 10.7 Å². The number of rotatable bonds is 6. The van der Waals surface area contributed by atoms with Crippen LogP contribution in [-0.2, 0) is 19.4 Å². The van der Waals surface area contributed by atoms with Crippen LogP contribution in [0.4, 0.5) is 0 Å². The number of nitrogens with zero attached hydrogens (tertiary/aromatic N) is 3. The minimum Gasteiger partial charge on any atom is -0.396 e. The maximum atomic E-state index is 13.1. The summed E-state index contributed by atoms with van der Waals surface area (Å²) in [6.45, 7) is 4.58. The van der Waals surface area contributed by atoms with Crippen LogP contribution >= 0.6 is 23.1 Å². The van der Waals surface area contributed by atoms with E-state index in [0.717, 1.165) is 29.5 Å². The summed E-state index contributed by atoms with van der Waals surface area (Å²) in [4.78, 5) is 40.7. The second-order valence-electron chi connectivity index (χ2n) is 8.69. The largest absolute Gasteiger partial charge is 0.396 e. The summed E-state index contributed by atoms with van der Waals surface area (Å²) in [5, 5.41) is 10.9. The Bertz CT molecular complexity index is 1460. The Morgan fingerprint density at radius 2 is 2.12 bits per heavy atom. The monoisotopic (exact) mass is 482 g/mol. The first-order valence-corrected chi connectivity index (χ1v) is 13.0. The van der Waals surface area contributed by atoms with Crippen LogP contribution in [0.1, 0.15) is 48.2 Å². The van der Waals surface area contributed by atoms with Crippen molar-refractivity contribution in [3.05, 3.63) is 61.2 Å². The average molecular weight is 483 g/mol. The second kappa shape index (κ2) is 9.04. The highest BCUT2D eigenvalue weighted by Gasteiger charge is 2.24. The van der Waals surface area contributed by atoms with E-state index in [9.17, 15) is 14.7 Å². The highest BCUT2D eigenvalue weighted by atomic mass is 32.2. The number of aryl methyl sites for hydroxylation is 1. The molecule has 0 aliphatic heterocycles. The standard InChI is InChI=1S/C24H26N4O3S2/c1-13-8-9-16-18(12-13)33-22-19(16)21(30)26-20(27-22)14(2)32-24-25-17-7-4-3-6-15(17)23(31)28(24)10-5-11-29/h3-4,6-7,13-14,29H,5,8-12H2,1-2H3,(H,26,27,30). The summed E-state index contributed by atoms with van der Waals surface area (Å²) in [6.07, 6.45) is 3.50. The number of fused-ring (bicyclic) bond motifs is 4. The first-order valence-electron chi connectivity index (χ1n) is 11.3. The zero-order valence-electron chi connectivity index (χ0n) is 18.6. The van der Waals surface area contributed by atoms with Crippen molar-refractivity contribution in [2.75, 3.05) is 6.61 Å². The van der Waals surface area contributed by atoms with E-state index < -0.39 is 0 Å². The van der Waals surface area contributed by atoms with Crippen molar-refractivity contribution in [2.45, 2.75) is 56.5 Å². The van der Waals surface area contributed by atoms with Crippen LogP contribution in [-0.4, -0.2) is 31.2 Å². The lowest BCUT2D eigenvalue weighted by Crippen LogP contribution is -2.24. The maximum Gasteiger partial charge on any atom is 0.262 e. The molecule has 1 aliphatic carbocycles. The first-order chi connectivity index (χ1) is 16.0. The summed E-state index contributed by atoms with van der Waals surface area (Å²) in [6, 6.07) is 7.27. The first kappa shape index (κ1) is 22.3. The van der Waals surface area contributed by atoms with Crippen molar-refractivity contribution in [3.63, 3.8) is 0 Å². The van der Waals surface area contributed by atoms with Gasteiger partial charge in [-0.15, -0.1) is 11.3 Å². The Kier molecular flexibility index (Phi) is 6.11. The Labute approximate surface area is 198 Å². The molecule has 1 aromatic carbocycles. The highest BCUT2D eigenvalue weighted by molar-refractivity contribution is 7.99. The van der Waals surface area contributed by atoms with Gasteiger partial charge in [-0.3, -0.25) is 14.2 Å². The fourth-order valence-corrected chi connectivity index (χ4v) is 6.82. The number of hydrogen-bond acceptors (Lipinski definition) is 7. The third kappa shape index (κ3) is 4.13. The molecule has 3 heterocycles. The molecule has 2 atom stereocenters. The predicted octanol–water partition coefficient (Wildman–Crippen LogP) is 4.06. The normalized spacial score (nSPS) is 16.9. The van der Waals surface area contributed by atoms with Gasteiger partial charge < -0.3 is 10.1 Å². The van der Waals surface area contributed by atoms with Crippen molar-refractivity contribution in [1.29, 1.82) is 0 Å². The number of hydrogen-bond donors (Lipinski definition) is 2. The number of aliphatic hydroxyl groups excluding tert-OH is 1. The lowest BCUT2D eigenvalue weighted by molar-refractivity contribution is 0.276. The smallest absolute Gasteiger partial charge is 0.262 e. The van der Waals surface area contributed by atoms with E-state index in [2.05, 4.69) is 11.9 Å². The molecule has 0 spiro atoms. The number of thioether (sulfide) groups is 1. The molecule has 0 saturated carbocycles. The van der Waals surface area contributed by atoms with Crippen LogP contribution in [0.5, 0.6) is 0 Å². The second-order valence-corrected chi connectivity index (χ2v) is 11.1. The molecule has 5 rings (SSSR count). The van der Waals surface area contributed by atoms with E-state index in [1.54, 1.807) is 22.0 Å². The Morgan fingerprint density at radius 1 is 1.30 bits per heavy atom. The number of H-pyrrole nitrogens is 1. The molecule has 7 nitrogen and oxygen atoms in total. The molecule has 172 valence electrons. The predicted molar refractivity (Wildman–Crippen MR) is 133 cm³/mol. The van der Waals surface area contributed by atoms with Gasteiger partial charge in [-0.2, -0.15) is 0 Å². The maximum absolute atomic E-state index is 13.1. The van der Waals surface area contributed by atoms with Crippen LogP contribution in [0.2, 0.25) is 0 Å². The van der Waals surface area contributed by atoms with E-state index in [4.69, 9.17) is 9.97 Å². The van der Waals surface area contributed by atoms with Crippen molar-refractivity contribution in [2.24, 2.45) is 5.92 Å². The average Bonchev–Trinajstić information content (AvgIpc) is 3.16. The van der Waals surface area contributed by atoms with Crippen molar-refractivity contribution < 1.29 is 5.11 Å². The molecule has 9 heteroatoms. The summed E-state index contributed by atoms with van der Waals surface area (Å²) in [5.41, 5.74) is 1.59. The van der Waals surface area contributed by atoms with Crippen LogP contribution in [0, 0.1) is 5.92 Å². The van der Waals surface area contributed by atoms with Gasteiger partial charge in [0, 0.05) is 18.0 Å². The molecule has 0 radical (unpaired) electrons. The van der Waals surface area contributed by atoms with Gasteiger partial charge in [-0.05, 0) is 56.2 Å². The zero-order valence-corrected chi connectivity index (χ0v) is 20.3. The van der Waals surface area contributed by atoms with Crippen LogP contribution < -0.4 is 11.1 Å². The SMILES string of the molecule is CC1CCc2c(sc3nc(C(C)Sc4nc5ccccc5c(=O)n4CCCO)[nH]c(=O)c23)C1. The number of thiophene rings is 1. The minimum absolute atomic E-state index is 0.00781. The lowest BCUT2D eigenvalue weighted by Gasteiger charge is -2.17. The number of aliphatic hydroxyl groups is 1. The van der Waals surface area contributed by atoms with Crippen molar-refractivity contribution >= 4 is 44.2 Å². The van der Waals surface area contributed by atoms with Crippen LogP contribution in [0.25, 0.3) is 21.1 Å². The summed E-state index contributed by atoms with van der Waals surface area (Å²) in [5.74, 6) is 1.22. The van der Waals surface area contributed by atoms with E-state index in [0.29, 0.717) is 40.8 Å². The van der Waals surface area contributed by atoms with Gasteiger partial charge in [-0.25, -0.2) is 9.97 Å². The van der Waals surface area contributed by atoms with E-state index >= 15 is 0 Å². The van der Waals surface area contributed by atoms with Crippen molar-refractivity contribution in [1.82, 2.24) is 19.5 Å². The number of para-hydroxylation sites is 1. The van der Waals surface area contributed by atoms with E-state index in [1.807, 2.05) is 25.1 Å². The molecular weight excluding hydrogens is 456 g/mol. The molecule has 0 fully saturated rings. The van der Waals surface area contributed by atoms with Gasteiger partial charge in [-0.1, -0.05) is 30.8 Å². The van der Waals surface area contributed by atoms with Crippen molar-refractivity contribution in [3.8, 4) is 0 Å². The molecular formula is C24H26N4O3S2. The number of benzene rings is 1. The number of aromatic nitrogens is 4. The third-order valence-corrected chi connectivity index (χ3v) is 8.46. The topological polar surface area (TPSA) is 101 Å². The Morgan fingerprint density at radius 3 is 2.94 bits per heavy atom. The fraction of sp³-hybridized carbons (Fsp3) is 0.417. The molecule has 4 aromatic rings. The van der Waals surface area contributed by atoms with Crippen LogP contribution in [0.3, 0.4) is 0 Å². The quantitative estimate of drug-likeness (QED) is 0.318. The highest BCUT2D eigenvalue weighted by Crippen LogP contribution is 2.37. The Hall–Kier alpha value is -2.49. The van der Waals surface area contributed by atoms with E-state index in [1.165, 1.54) is 22.2 Å². The molecule has 2 unspecified atom stereocenters. The van der Waals surface area contributed by atoms with Gasteiger partial charge in [0.05, 0.1) is 21.5 Å². The third-order valence-electron chi connectivity index (χ3n) is 6.22. The number of nitrogens with one attached hydrogen (secondary N) is 1. The number of aromatic amines is 1. The molecule has 3 aromatic heterocycles. The van der Waals surface area contributed by atoms with E-state index in [-0.39, 0.29) is 23.0 Å². The zero-order chi connectivity index (χ0) is 23.1. The molecule has 1 aliphatic rings. The Balaban J connectivity index is 1.53. The van der Waals surface area contributed by atoms with Crippen LogP contribution in [0.15, 0.2) is 39.0 Å². The summed E-state index contributed by atoms with van der Waals surface area (Å²) in [7, 11) is 0. The van der Waals surface area contributed by atoms with Gasteiger partial charge >= 0.3 is 0 Å². The molecule has 0 bridgehead atoms. The molecule has 0 amide bonds.